The molecule has 2 unspecified atom stereocenters. The van der Waals surface area contributed by atoms with E-state index in [1.807, 2.05) is 0 Å². The Kier molecular flexibility index (Phi) is 2.26. The van der Waals surface area contributed by atoms with Crippen LogP contribution in [0.4, 0.5) is 0 Å². The van der Waals surface area contributed by atoms with Crippen LogP contribution in [0.1, 0.15) is 27.7 Å². The van der Waals surface area contributed by atoms with Gasteiger partial charge in [-0.1, -0.05) is 27.7 Å². The number of nitrogens with one attached hydrogen (secondary N) is 1. The fourth-order valence-corrected chi connectivity index (χ4v) is 2.00. The second-order valence-electron chi connectivity index (χ2n) is 4.83. The van der Waals surface area contributed by atoms with E-state index in [2.05, 4.69) is 45.2 Å². The number of nitrogens with zero attached hydrogens (tertiary/aromatic N) is 1. The van der Waals surface area contributed by atoms with Crippen LogP contribution in [0.2, 0.25) is 0 Å². The molecule has 2 heteroatoms. The zero-order chi connectivity index (χ0) is 8.65. The van der Waals surface area contributed by atoms with E-state index in [4.69, 9.17) is 0 Å². The van der Waals surface area contributed by atoms with Crippen molar-refractivity contribution in [2.24, 2.45) is 11.3 Å². The molecule has 0 spiro atoms. The second kappa shape index (κ2) is 2.76. The lowest BCUT2D eigenvalue weighted by atomic mass is 9.81. The molecule has 0 aromatic carbocycles. The second-order valence-corrected chi connectivity index (χ2v) is 4.83. The topological polar surface area (TPSA) is 15.3 Å². The van der Waals surface area contributed by atoms with Crippen molar-refractivity contribution in [1.29, 1.82) is 0 Å². The maximum absolute atomic E-state index is 3.48. The summed E-state index contributed by atoms with van der Waals surface area (Å²) in [5.74, 6) is 0.764. The largest absolute Gasteiger partial charge is 0.252 e. The van der Waals surface area contributed by atoms with Crippen molar-refractivity contribution in [3.63, 3.8) is 0 Å². The van der Waals surface area contributed by atoms with Crippen LogP contribution in [-0.4, -0.2) is 24.6 Å². The Balaban J connectivity index is 2.60. The van der Waals surface area contributed by atoms with Crippen LogP contribution in [0.25, 0.3) is 0 Å². The van der Waals surface area contributed by atoms with Gasteiger partial charge in [0.25, 0.3) is 0 Å². The molecule has 1 rings (SSSR count). The summed E-state index contributed by atoms with van der Waals surface area (Å²) in [7, 11) is 2.11. The highest BCUT2D eigenvalue weighted by Crippen LogP contribution is 2.28. The molecule has 1 fully saturated rings. The molecule has 0 radical (unpaired) electrons. The van der Waals surface area contributed by atoms with Crippen molar-refractivity contribution in [1.82, 2.24) is 10.4 Å². The summed E-state index contributed by atoms with van der Waals surface area (Å²) in [4.78, 5) is 0. The molecule has 2 nitrogen and oxygen atoms in total. The van der Waals surface area contributed by atoms with Crippen LogP contribution in [-0.2, 0) is 0 Å². The molecule has 1 heterocycles. The third kappa shape index (κ3) is 1.94. The quantitative estimate of drug-likeness (QED) is 0.571. The van der Waals surface area contributed by atoms with E-state index >= 15 is 0 Å². The molecule has 0 amide bonds. The molecule has 1 aliphatic heterocycles. The van der Waals surface area contributed by atoms with Crippen molar-refractivity contribution in [3.8, 4) is 0 Å². The van der Waals surface area contributed by atoms with Crippen LogP contribution in [0, 0.1) is 11.3 Å². The van der Waals surface area contributed by atoms with Gasteiger partial charge >= 0.3 is 0 Å². The molecule has 0 aromatic rings. The van der Waals surface area contributed by atoms with E-state index in [1.165, 1.54) is 6.54 Å². The monoisotopic (exact) mass is 156 g/mol. The fraction of sp³-hybridized carbons (Fsp3) is 1.00. The Hall–Kier alpha value is -0.0800. The summed E-state index contributed by atoms with van der Waals surface area (Å²) < 4.78 is 0. The first-order valence-electron chi connectivity index (χ1n) is 4.38. The van der Waals surface area contributed by atoms with Gasteiger partial charge in [0.15, 0.2) is 0 Å². The summed E-state index contributed by atoms with van der Waals surface area (Å²) >= 11 is 0. The Bertz CT molecular complexity index is 137. The minimum atomic E-state index is 0.379. The van der Waals surface area contributed by atoms with Gasteiger partial charge in [-0.2, -0.15) is 0 Å². The number of hydrazine groups is 1. The Morgan fingerprint density at radius 3 is 2.09 bits per heavy atom. The highest BCUT2D eigenvalue weighted by molar-refractivity contribution is 4.88. The lowest BCUT2D eigenvalue weighted by Crippen LogP contribution is -2.42. The smallest absolute Gasteiger partial charge is 0.0301 e. The number of hydrogen-bond acceptors (Lipinski definition) is 2. The minimum absolute atomic E-state index is 0.379. The molecule has 1 saturated heterocycles. The highest BCUT2D eigenvalue weighted by Gasteiger charge is 2.35. The summed E-state index contributed by atoms with van der Waals surface area (Å²) in [6.07, 6.45) is 0. The van der Waals surface area contributed by atoms with E-state index in [0.29, 0.717) is 11.5 Å². The Morgan fingerprint density at radius 2 is 1.91 bits per heavy atom. The molecular weight excluding hydrogens is 136 g/mol. The zero-order valence-corrected chi connectivity index (χ0v) is 8.31. The van der Waals surface area contributed by atoms with Gasteiger partial charge in [0.05, 0.1) is 0 Å². The van der Waals surface area contributed by atoms with Gasteiger partial charge in [0.2, 0.25) is 0 Å². The normalized spacial score (nSPS) is 34.6. The van der Waals surface area contributed by atoms with Crippen LogP contribution in [0.15, 0.2) is 0 Å². The van der Waals surface area contributed by atoms with Crippen LogP contribution in [0.5, 0.6) is 0 Å². The average Bonchev–Trinajstić information content (AvgIpc) is 2.08. The molecular formula is C9H20N2. The summed E-state index contributed by atoms with van der Waals surface area (Å²) in [5.41, 5.74) is 3.86. The Labute approximate surface area is 69.9 Å². The lowest BCUT2D eigenvalue weighted by molar-refractivity contribution is 0.205. The lowest BCUT2D eigenvalue weighted by Gasteiger charge is -2.30. The number of hydrogen-bond donors (Lipinski definition) is 1. The standard InChI is InChI=1S/C9H20N2/c1-7-6-11(5)10-8(7)9(2,3)4/h7-8,10H,6H2,1-5H3. The van der Waals surface area contributed by atoms with Crippen molar-refractivity contribution in [3.05, 3.63) is 0 Å². The van der Waals surface area contributed by atoms with E-state index in [9.17, 15) is 0 Å². The van der Waals surface area contributed by atoms with Gasteiger partial charge in [-0.15, -0.1) is 0 Å². The third-order valence-electron chi connectivity index (χ3n) is 2.42. The fourth-order valence-electron chi connectivity index (χ4n) is 2.00. The first kappa shape index (κ1) is 9.01. The molecule has 66 valence electrons. The van der Waals surface area contributed by atoms with Gasteiger partial charge in [0, 0.05) is 19.6 Å². The molecule has 11 heavy (non-hydrogen) atoms. The first-order chi connectivity index (χ1) is 4.91. The average molecular weight is 156 g/mol. The summed E-state index contributed by atoms with van der Waals surface area (Å²) in [6, 6.07) is 0.632. The zero-order valence-electron chi connectivity index (χ0n) is 8.31. The summed E-state index contributed by atoms with van der Waals surface area (Å²) in [5, 5.41) is 2.20. The van der Waals surface area contributed by atoms with Gasteiger partial charge in [0.1, 0.15) is 0 Å². The van der Waals surface area contributed by atoms with E-state index in [-0.39, 0.29) is 0 Å². The first-order valence-corrected chi connectivity index (χ1v) is 4.38. The van der Waals surface area contributed by atoms with Gasteiger partial charge in [-0.25, -0.2) is 5.01 Å². The van der Waals surface area contributed by atoms with E-state index < -0.39 is 0 Å². The molecule has 1 aliphatic rings. The summed E-state index contributed by atoms with van der Waals surface area (Å²) in [6.45, 7) is 10.4. The predicted octanol–water partition coefficient (Wildman–Crippen LogP) is 1.49. The van der Waals surface area contributed by atoms with Crippen molar-refractivity contribution in [2.75, 3.05) is 13.6 Å². The van der Waals surface area contributed by atoms with Crippen LogP contribution >= 0.6 is 0 Å². The van der Waals surface area contributed by atoms with E-state index in [0.717, 1.165) is 5.92 Å². The van der Waals surface area contributed by atoms with Crippen molar-refractivity contribution >= 4 is 0 Å². The molecule has 1 N–H and O–H groups in total. The molecule has 0 bridgehead atoms. The maximum Gasteiger partial charge on any atom is 0.0301 e. The maximum atomic E-state index is 3.48. The minimum Gasteiger partial charge on any atom is -0.252 e. The van der Waals surface area contributed by atoms with Crippen molar-refractivity contribution < 1.29 is 0 Å². The molecule has 2 atom stereocenters. The SMILES string of the molecule is CC1CN(C)NC1C(C)(C)C. The molecule has 0 saturated carbocycles. The van der Waals surface area contributed by atoms with Crippen LogP contribution in [0.3, 0.4) is 0 Å². The predicted molar refractivity (Wildman–Crippen MR) is 48.2 cm³/mol. The third-order valence-corrected chi connectivity index (χ3v) is 2.42. The molecule has 0 aliphatic carbocycles. The number of rotatable bonds is 0. The molecule has 0 aromatic heterocycles. The van der Waals surface area contributed by atoms with Gasteiger partial charge in [-0.05, 0) is 11.3 Å². The Morgan fingerprint density at radius 1 is 1.36 bits per heavy atom. The van der Waals surface area contributed by atoms with Crippen LogP contribution < -0.4 is 5.43 Å². The highest BCUT2D eigenvalue weighted by atomic mass is 15.5. The van der Waals surface area contributed by atoms with Gasteiger partial charge in [-0.3, -0.25) is 5.43 Å². The van der Waals surface area contributed by atoms with Gasteiger partial charge < -0.3 is 0 Å². The van der Waals surface area contributed by atoms with Crippen molar-refractivity contribution in [2.45, 2.75) is 33.7 Å². The van der Waals surface area contributed by atoms with E-state index in [1.54, 1.807) is 0 Å².